The average molecular weight is 1130 g/mol. The Morgan fingerprint density at radius 2 is 0.420 bits per heavy atom. The van der Waals surface area contributed by atoms with Gasteiger partial charge in [0.05, 0.1) is 5.56 Å². The van der Waals surface area contributed by atoms with Crippen LogP contribution in [0.4, 0.5) is 0 Å². The van der Waals surface area contributed by atoms with Gasteiger partial charge in [0.1, 0.15) is 5.75 Å². The van der Waals surface area contributed by atoms with E-state index in [1.165, 1.54) is 96.3 Å². The summed E-state index contributed by atoms with van der Waals surface area (Å²) in [5.41, 5.74) is 5.54. The quantitative estimate of drug-likeness (QED) is 0.0688. The molecule has 0 unspecified atom stereocenters. The van der Waals surface area contributed by atoms with Gasteiger partial charge in [-0.1, -0.05) is 262 Å². The van der Waals surface area contributed by atoms with E-state index in [4.69, 9.17) is 0 Å². The van der Waals surface area contributed by atoms with Crippen LogP contribution in [0.1, 0.15) is 381 Å². The smallest absolute Gasteiger partial charge is 0.153 e. The van der Waals surface area contributed by atoms with Crippen LogP contribution in [0.2, 0.25) is 0 Å². The van der Waals surface area contributed by atoms with Gasteiger partial charge in [-0.3, -0.25) is 4.79 Å². The topological polar surface area (TPSA) is 37.3 Å². The third-order valence-corrected chi connectivity index (χ3v) is 18.2. The predicted octanol–water partition coefficient (Wildman–Crippen LogP) is 26.6. The second-order valence-corrected chi connectivity index (χ2v) is 44.0. The minimum atomic E-state index is -0.128. The molecule has 2 heteroatoms. The third kappa shape index (κ3) is 31.3. The number of benzene rings is 1. The summed E-state index contributed by atoms with van der Waals surface area (Å²) in [6.45, 7) is 93.4. The van der Waals surface area contributed by atoms with Crippen molar-refractivity contribution in [3.8, 4) is 5.75 Å². The minimum Gasteiger partial charge on any atom is -0.507 e. The zero-order valence-electron chi connectivity index (χ0n) is 62.7. The van der Waals surface area contributed by atoms with Crippen molar-refractivity contribution >= 4 is 6.29 Å². The van der Waals surface area contributed by atoms with E-state index in [0.717, 1.165) is 24.7 Å². The Labute approximate surface area is 511 Å². The van der Waals surface area contributed by atoms with E-state index in [1.807, 2.05) is 12.1 Å². The molecule has 0 radical (unpaired) electrons. The Bertz CT molecular complexity index is 2130. The van der Waals surface area contributed by atoms with Crippen LogP contribution < -0.4 is 0 Å². The molecular weight excluding hydrogens is 981 g/mol. The van der Waals surface area contributed by atoms with Gasteiger partial charge < -0.3 is 5.11 Å². The summed E-state index contributed by atoms with van der Waals surface area (Å²) < 4.78 is 0. The maximum atomic E-state index is 11.7. The van der Waals surface area contributed by atoms with Crippen LogP contribution in [0.25, 0.3) is 0 Å². The summed E-state index contributed by atoms with van der Waals surface area (Å²) in [4.78, 5) is 11.7. The monoisotopic (exact) mass is 1130 g/mol. The molecular formula is C79H150O2. The van der Waals surface area contributed by atoms with E-state index >= 15 is 0 Å². The van der Waals surface area contributed by atoms with E-state index < -0.39 is 0 Å². The Morgan fingerprint density at radius 3 is 0.580 bits per heavy atom. The molecule has 0 aromatic heterocycles. The molecule has 0 bridgehead atoms. The third-order valence-electron chi connectivity index (χ3n) is 18.2. The van der Waals surface area contributed by atoms with Crippen LogP contribution in [-0.4, -0.2) is 11.4 Å². The van der Waals surface area contributed by atoms with Crippen molar-refractivity contribution in [1.29, 1.82) is 0 Å². The van der Waals surface area contributed by atoms with Gasteiger partial charge in [0, 0.05) is 0 Å². The van der Waals surface area contributed by atoms with Crippen molar-refractivity contribution in [3.05, 3.63) is 29.3 Å². The van der Waals surface area contributed by atoms with Gasteiger partial charge in [0.15, 0.2) is 6.29 Å². The molecule has 0 aliphatic rings. The van der Waals surface area contributed by atoms with Crippen molar-refractivity contribution in [2.24, 2.45) is 92.1 Å². The van der Waals surface area contributed by atoms with Crippen LogP contribution in [0.5, 0.6) is 5.75 Å². The molecule has 0 heterocycles. The molecule has 0 spiro atoms. The number of phenols is 1. The molecule has 0 aliphatic carbocycles. The Balaban J connectivity index is 3.00. The van der Waals surface area contributed by atoms with Gasteiger partial charge >= 0.3 is 0 Å². The maximum Gasteiger partial charge on any atom is 0.153 e. The summed E-state index contributed by atoms with van der Waals surface area (Å²) in [5.74, 6) is 0.0578. The Kier molecular flexibility index (Phi) is 24.4. The summed E-state index contributed by atoms with van der Waals surface area (Å²) >= 11 is 0. The molecule has 1 aromatic carbocycles. The summed E-state index contributed by atoms with van der Waals surface area (Å²) in [7, 11) is 0. The van der Waals surface area contributed by atoms with E-state index in [0.29, 0.717) is 21.8 Å². The van der Waals surface area contributed by atoms with E-state index in [2.05, 4.69) is 256 Å². The summed E-state index contributed by atoms with van der Waals surface area (Å²) in [6, 6.07) is 5.55. The lowest BCUT2D eigenvalue weighted by Crippen LogP contribution is -2.37. The second-order valence-electron chi connectivity index (χ2n) is 44.0. The average Bonchev–Trinajstić information content (AvgIpc) is 3.01. The van der Waals surface area contributed by atoms with Crippen molar-refractivity contribution in [2.45, 2.75) is 371 Å². The van der Waals surface area contributed by atoms with Crippen molar-refractivity contribution < 1.29 is 9.90 Å². The number of carbonyl (C=O) groups excluding carboxylic acids is 1. The van der Waals surface area contributed by atoms with Crippen LogP contribution in [0, 0.1) is 92.1 Å². The van der Waals surface area contributed by atoms with Crippen molar-refractivity contribution in [2.75, 3.05) is 0 Å². The fourth-order valence-electron chi connectivity index (χ4n) is 24.2. The van der Waals surface area contributed by atoms with Crippen molar-refractivity contribution in [1.82, 2.24) is 0 Å². The zero-order valence-corrected chi connectivity index (χ0v) is 62.7. The number of phenolic OH excluding ortho intramolecular Hbond substituents is 1. The van der Waals surface area contributed by atoms with Gasteiger partial charge in [-0.2, -0.15) is 0 Å². The van der Waals surface area contributed by atoms with Gasteiger partial charge in [-0.05, 0) is 224 Å². The molecule has 0 fully saturated rings. The van der Waals surface area contributed by atoms with E-state index in [-0.39, 0.29) is 87.0 Å². The lowest BCUT2D eigenvalue weighted by molar-refractivity contribution is 0.0283. The van der Waals surface area contributed by atoms with Crippen LogP contribution in [0.3, 0.4) is 0 Å². The van der Waals surface area contributed by atoms with Crippen LogP contribution in [-0.2, 0) is 5.41 Å². The van der Waals surface area contributed by atoms with Crippen LogP contribution in [0.15, 0.2) is 18.2 Å². The number of aromatic hydroxyl groups is 1. The molecule has 1 aromatic rings. The lowest BCUT2D eigenvalue weighted by Gasteiger charge is -2.48. The highest BCUT2D eigenvalue weighted by atomic mass is 16.3. The molecule has 0 saturated heterocycles. The highest BCUT2D eigenvalue weighted by Crippen LogP contribution is 2.57. The number of hydrogen-bond acceptors (Lipinski definition) is 2. The highest BCUT2D eigenvalue weighted by Gasteiger charge is 2.46. The molecule has 0 amide bonds. The first kappa shape index (κ1) is 77.7. The molecule has 2 nitrogen and oxygen atoms in total. The second kappa shape index (κ2) is 25.4. The van der Waals surface area contributed by atoms with Gasteiger partial charge in [-0.15, -0.1) is 0 Å². The summed E-state index contributed by atoms with van der Waals surface area (Å²) in [5, 5.41) is 10.2. The van der Waals surface area contributed by atoms with Gasteiger partial charge in [0.2, 0.25) is 0 Å². The van der Waals surface area contributed by atoms with Gasteiger partial charge in [0.25, 0.3) is 0 Å². The van der Waals surface area contributed by atoms with E-state index in [1.54, 1.807) is 6.07 Å². The minimum absolute atomic E-state index is 0.0578. The Hall–Kier alpha value is -1.31. The van der Waals surface area contributed by atoms with Crippen LogP contribution >= 0.6 is 0 Å². The normalized spacial score (nSPS) is 15.7. The zero-order chi connectivity index (χ0) is 64.6. The lowest BCUT2D eigenvalue weighted by atomic mass is 9.57. The number of rotatable bonds is 35. The first-order valence-electron chi connectivity index (χ1n) is 33.3. The molecule has 0 aliphatic heterocycles. The standard InChI is InChI=1S/C79H150O2/c1-62(2,3)42-63(4,5)43-64(6,7)44-65(8,9)45-66(10,11)46-67(12,13)47-68(14,15)48-69(16,17)49-70(18,19)50-71(20,21)51-72(22,23)52-73(24,25)53-74(26,27)54-75(28,29)55-76(30,31)56-77(32,33)57-78(34,35)58-79(36,37)60-38-39-61(81)59(40-60)41-80/h38-41,81H,42-58H2,1-37H3. The van der Waals surface area contributed by atoms with Gasteiger partial charge in [-0.25, -0.2) is 0 Å². The fraction of sp³-hybridized carbons (Fsp3) is 0.911. The van der Waals surface area contributed by atoms with Crippen molar-refractivity contribution in [3.63, 3.8) is 0 Å². The molecule has 0 saturated carbocycles. The maximum absolute atomic E-state index is 11.7. The fourth-order valence-corrected chi connectivity index (χ4v) is 24.2. The molecule has 478 valence electrons. The SMILES string of the molecule is CC(C)(C)CC(C)(C)CC(C)(C)CC(C)(C)CC(C)(C)CC(C)(C)CC(C)(C)CC(C)(C)CC(C)(C)CC(C)(C)CC(C)(C)CC(C)(C)CC(C)(C)CC(C)(C)CC(C)(C)CC(C)(C)CC(C)(C)CC(C)(C)c1ccc(O)c(C=O)c1. The molecule has 81 heavy (non-hydrogen) atoms. The Morgan fingerprint density at radius 1 is 0.259 bits per heavy atom. The number of aldehydes is 1. The first-order chi connectivity index (χ1) is 35.0. The molecule has 1 N–H and O–H groups in total. The molecule has 1 rings (SSSR count). The summed E-state index contributed by atoms with van der Waals surface area (Å²) in [6.07, 6.45) is 21.6. The molecule has 0 atom stereocenters. The largest absolute Gasteiger partial charge is 0.507 e. The number of carbonyl (C=O) groups is 1. The highest BCUT2D eigenvalue weighted by molar-refractivity contribution is 5.79. The van der Waals surface area contributed by atoms with E-state index in [9.17, 15) is 9.90 Å². The predicted molar refractivity (Wildman–Crippen MR) is 365 cm³/mol. The number of hydrogen-bond donors (Lipinski definition) is 1. The first-order valence-corrected chi connectivity index (χ1v) is 33.3.